The van der Waals surface area contributed by atoms with Crippen LogP contribution in [0, 0.1) is 17.2 Å². The molecule has 1 saturated heterocycles. The highest BCUT2D eigenvalue weighted by atomic mass is 15.1. The van der Waals surface area contributed by atoms with Gasteiger partial charge in [-0.05, 0) is 57.0 Å². The number of nitriles is 1. The van der Waals surface area contributed by atoms with Crippen LogP contribution in [-0.4, -0.2) is 31.1 Å². The van der Waals surface area contributed by atoms with Crippen LogP contribution < -0.4 is 5.32 Å². The Bertz CT molecular complexity index is 450. The molecule has 2 atom stereocenters. The first kappa shape index (κ1) is 14.0. The SMILES string of the molecule is CC(NCc1cccc(C#N)c1)C1CCCN(C)C1. The second kappa shape index (κ2) is 6.70. The Morgan fingerprint density at radius 2 is 2.37 bits per heavy atom. The lowest BCUT2D eigenvalue weighted by Crippen LogP contribution is -2.42. The average Bonchev–Trinajstić information content (AvgIpc) is 2.45. The average molecular weight is 257 g/mol. The van der Waals surface area contributed by atoms with E-state index in [0.29, 0.717) is 6.04 Å². The van der Waals surface area contributed by atoms with Gasteiger partial charge < -0.3 is 10.2 Å². The fourth-order valence-corrected chi connectivity index (χ4v) is 2.81. The van der Waals surface area contributed by atoms with Crippen molar-refractivity contribution in [1.29, 1.82) is 5.26 Å². The van der Waals surface area contributed by atoms with E-state index in [4.69, 9.17) is 5.26 Å². The molecule has 2 unspecified atom stereocenters. The summed E-state index contributed by atoms with van der Waals surface area (Å²) in [4.78, 5) is 2.42. The van der Waals surface area contributed by atoms with Crippen LogP contribution in [0.3, 0.4) is 0 Å². The highest BCUT2D eigenvalue weighted by Crippen LogP contribution is 2.18. The molecular weight excluding hydrogens is 234 g/mol. The first-order chi connectivity index (χ1) is 9.19. The van der Waals surface area contributed by atoms with Crippen molar-refractivity contribution in [2.75, 3.05) is 20.1 Å². The van der Waals surface area contributed by atoms with Crippen LogP contribution in [0.1, 0.15) is 30.9 Å². The molecule has 1 N–H and O–H groups in total. The molecule has 1 aliphatic heterocycles. The van der Waals surface area contributed by atoms with Crippen LogP contribution in [0.25, 0.3) is 0 Å². The summed E-state index contributed by atoms with van der Waals surface area (Å²) in [5.41, 5.74) is 1.93. The Hall–Kier alpha value is -1.37. The molecule has 1 heterocycles. The highest BCUT2D eigenvalue weighted by molar-refractivity contribution is 5.32. The predicted molar refractivity (Wildman–Crippen MR) is 77.7 cm³/mol. The summed E-state index contributed by atoms with van der Waals surface area (Å²) in [6, 6.07) is 10.6. The number of hydrogen-bond acceptors (Lipinski definition) is 3. The fraction of sp³-hybridized carbons (Fsp3) is 0.562. The van der Waals surface area contributed by atoms with Gasteiger partial charge in [0.25, 0.3) is 0 Å². The number of hydrogen-bond donors (Lipinski definition) is 1. The molecule has 0 bridgehead atoms. The van der Waals surface area contributed by atoms with Crippen LogP contribution in [0.5, 0.6) is 0 Å². The summed E-state index contributed by atoms with van der Waals surface area (Å²) < 4.78 is 0. The molecular formula is C16H23N3. The third-order valence-corrected chi connectivity index (χ3v) is 4.05. The maximum absolute atomic E-state index is 8.90. The van der Waals surface area contributed by atoms with E-state index in [0.717, 1.165) is 18.0 Å². The van der Waals surface area contributed by atoms with Crippen molar-refractivity contribution >= 4 is 0 Å². The van der Waals surface area contributed by atoms with Crippen molar-refractivity contribution in [2.24, 2.45) is 5.92 Å². The smallest absolute Gasteiger partial charge is 0.0991 e. The van der Waals surface area contributed by atoms with E-state index in [-0.39, 0.29) is 0 Å². The van der Waals surface area contributed by atoms with Gasteiger partial charge in [-0.1, -0.05) is 12.1 Å². The number of likely N-dealkylation sites (tertiary alicyclic amines) is 1. The predicted octanol–water partition coefficient (Wildman–Crippen LogP) is 2.38. The van der Waals surface area contributed by atoms with Gasteiger partial charge in [-0.25, -0.2) is 0 Å². The largest absolute Gasteiger partial charge is 0.310 e. The molecule has 2 rings (SSSR count). The van der Waals surface area contributed by atoms with Crippen LogP contribution in [-0.2, 0) is 6.54 Å². The standard InChI is InChI=1S/C16H23N3/c1-13(16-7-4-8-19(2)12-16)18-11-15-6-3-5-14(9-15)10-17/h3,5-6,9,13,16,18H,4,7-8,11-12H2,1-2H3. The van der Waals surface area contributed by atoms with Crippen LogP contribution in [0.2, 0.25) is 0 Å². The minimum absolute atomic E-state index is 0.522. The van der Waals surface area contributed by atoms with E-state index in [1.54, 1.807) is 0 Å². The summed E-state index contributed by atoms with van der Waals surface area (Å²) in [7, 11) is 2.20. The van der Waals surface area contributed by atoms with Gasteiger partial charge in [-0.3, -0.25) is 0 Å². The number of piperidine rings is 1. The second-order valence-electron chi connectivity index (χ2n) is 5.65. The summed E-state index contributed by atoms with van der Waals surface area (Å²) in [5, 5.41) is 12.5. The highest BCUT2D eigenvalue weighted by Gasteiger charge is 2.22. The monoisotopic (exact) mass is 257 g/mol. The molecule has 3 heteroatoms. The van der Waals surface area contributed by atoms with Crippen molar-refractivity contribution in [2.45, 2.75) is 32.4 Å². The normalized spacial score (nSPS) is 21.8. The Labute approximate surface area is 116 Å². The summed E-state index contributed by atoms with van der Waals surface area (Å²) in [5.74, 6) is 0.734. The molecule has 1 aromatic carbocycles. The summed E-state index contributed by atoms with van der Waals surface area (Å²) in [6.45, 7) is 5.54. The zero-order valence-corrected chi connectivity index (χ0v) is 11.9. The van der Waals surface area contributed by atoms with Gasteiger partial charge in [0.1, 0.15) is 0 Å². The molecule has 0 radical (unpaired) electrons. The van der Waals surface area contributed by atoms with Crippen LogP contribution in [0.15, 0.2) is 24.3 Å². The third-order valence-electron chi connectivity index (χ3n) is 4.05. The molecule has 0 aromatic heterocycles. The van der Waals surface area contributed by atoms with Gasteiger partial charge in [0, 0.05) is 19.1 Å². The summed E-state index contributed by atoms with van der Waals surface area (Å²) >= 11 is 0. The molecule has 1 fully saturated rings. The molecule has 1 aliphatic rings. The first-order valence-electron chi connectivity index (χ1n) is 7.10. The Morgan fingerprint density at radius 1 is 1.53 bits per heavy atom. The van der Waals surface area contributed by atoms with Crippen molar-refractivity contribution < 1.29 is 0 Å². The summed E-state index contributed by atoms with van der Waals surface area (Å²) in [6.07, 6.45) is 2.62. The van der Waals surface area contributed by atoms with Gasteiger partial charge in [0.05, 0.1) is 11.6 Å². The molecule has 0 amide bonds. The number of nitrogens with one attached hydrogen (secondary N) is 1. The van der Waals surface area contributed by atoms with Gasteiger partial charge >= 0.3 is 0 Å². The third kappa shape index (κ3) is 4.05. The van der Waals surface area contributed by atoms with Gasteiger partial charge in [-0.15, -0.1) is 0 Å². The van der Waals surface area contributed by atoms with Crippen LogP contribution >= 0.6 is 0 Å². The van der Waals surface area contributed by atoms with Gasteiger partial charge in [0.15, 0.2) is 0 Å². The number of nitrogens with zero attached hydrogens (tertiary/aromatic N) is 2. The van der Waals surface area contributed by atoms with Crippen molar-refractivity contribution in [3.05, 3.63) is 35.4 Å². The molecule has 102 valence electrons. The van der Waals surface area contributed by atoms with E-state index in [9.17, 15) is 0 Å². The topological polar surface area (TPSA) is 39.1 Å². The maximum Gasteiger partial charge on any atom is 0.0991 e. The molecule has 0 aliphatic carbocycles. The van der Waals surface area contributed by atoms with Gasteiger partial charge in [-0.2, -0.15) is 5.26 Å². The molecule has 0 saturated carbocycles. The number of benzene rings is 1. The van der Waals surface area contributed by atoms with E-state index in [1.165, 1.54) is 31.5 Å². The number of rotatable bonds is 4. The lowest BCUT2D eigenvalue weighted by atomic mass is 9.92. The molecule has 0 spiro atoms. The zero-order chi connectivity index (χ0) is 13.7. The minimum Gasteiger partial charge on any atom is -0.310 e. The molecule has 19 heavy (non-hydrogen) atoms. The van der Waals surface area contributed by atoms with Crippen molar-refractivity contribution in [1.82, 2.24) is 10.2 Å². The second-order valence-corrected chi connectivity index (χ2v) is 5.65. The van der Waals surface area contributed by atoms with Gasteiger partial charge in [0.2, 0.25) is 0 Å². The van der Waals surface area contributed by atoms with E-state index < -0.39 is 0 Å². The zero-order valence-electron chi connectivity index (χ0n) is 11.9. The lowest BCUT2D eigenvalue weighted by molar-refractivity contribution is 0.178. The van der Waals surface area contributed by atoms with Crippen molar-refractivity contribution in [3.63, 3.8) is 0 Å². The molecule has 1 aromatic rings. The Kier molecular flexibility index (Phi) is 4.95. The molecule has 3 nitrogen and oxygen atoms in total. The lowest BCUT2D eigenvalue weighted by Gasteiger charge is -2.34. The van der Waals surface area contributed by atoms with E-state index >= 15 is 0 Å². The van der Waals surface area contributed by atoms with Crippen molar-refractivity contribution in [3.8, 4) is 6.07 Å². The fourth-order valence-electron chi connectivity index (χ4n) is 2.81. The first-order valence-corrected chi connectivity index (χ1v) is 7.10. The van der Waals surface area contributed by atoms with Crippen LogP contribution in [0.4, 0.5) is 0 Å². The quantitative estimate of drug-likeness (QED) is 0.900. The van der Waals surface area contributed by atoms with E-state index in [2.05, 4.69) is 36.3 Å². The Morgan fingerprint density at radius 3 is 3.11 bits per heavy atom. The minimum atomic E-state index is 0.522. The van der Waals surface area contributed by atoms with E-state index in [1.807, 2.05) is 18.2 Å². The maximum atomic E-state index is 8.90. The Balaban J connectivity index is 1.85.